The van der Waals surface area contributed by atoms with Gasteiger partial charge >= 0.3 is 0 Å². The lowest BCUT2D eigenvalue weighted by Gasteiger charge is -2.18. The van der Waals surface area contributed by atoms with Crippen LogP contribution < -0.4 is 5.73 Å². The van der Waals surface area contributed by atoms with Gasteiger partial charge in [-0.3, -0.25) is 4.79 Å². The van der Waals surface area contributed by atoms with Crippen LogP contribution in [0.25, 0.3) is 22.2 Å². The average molecular weight is 340 g/mol. The van der Waals surface area contributed by atoms with E-state index < -0.39 is 0 Å². The van der Waals surface area contributed by atoms with Crippen molar-refractivity contribution < 1.29 is 4.79 Å². The molecule has 0 aliphatic carbocycles. The van der Waals surface area contributed by atoms with E-state index in [0.29, 0.717) is 0 Å². The van der Waals surface area contributed by atoms with Crippen LogP contribution in [0.5, 0.6) is 0 Å². The maximum atomic E-state index is 11.9. The number of nitrogens with two attached hydrogens (primary N) is 1. The summed E-state index contributed by atoms with van der Waals surface area (Å²) in [7, 11) is 0. The third-order valence-electron chi connectivity index (χ3n) is 4.76. The van der Waals surface area contributed by atoms with Gasteiger partial charge in [0, 0.05) is 23.2 Å². The van der Waals surface area contributed by atoms with Crippen molar-refractivity contribution in [2.24, 2.45) is 5.73 Å². The molecule has 1 amide bonds. The zero-order valence-electron chi connectivity index (χ0n) is 14.4. The van der Waals surface area contributed by atoms with Crippen molar-refractivity contribution in [3.63, 3.8) is 0 Å². The Bertz CT molecular complexity index is 1040. The van der Waals surface area contributed by atoms with E-state index in [1.165, 1.54) is 0 Å². The van der Waals surface area contributed by atoms with E-state index in [2.05, 4.69) is 41.4 Å². The molecule has 0 aliphatic rings. The highest BCUT2D eigenvalue weighted by atomic mass is 16.1. The van der Waals surface area contributed by atoms with E-state index in [9.17, 15) is 4.79 Å². The van der Waals surface area contributed by atoms with E-state index in [-0.39, 0.29) is 18.2 Å². The second-order valence-corrected chi connectivity index (χ2v) is 6.46. The van der Waals surface area contributed by atoms with Gasteiger partial charge in [0.25, 0.3) is 0 Å². The monoisotopic (exact) mass is 340 g/mol. The number of hydrogen-bond donors (Lipinski definition) is 2. The number of nitrogens with one attached hydrogen (secondary N) is 1. The molecule has 3 heteroatoms. The zero-order valence-corrected chi connectivity index (χ0v) is 14.4. The number of hydrogen-bond acceptors (Lipinski definition) is 1. The lowest BCUT2D eigenvalue weighted by atomic mass is 9.85. The third kappa shape index (κ3) is 3.00. The topological polar surface area (TPSA) is 58.9 Å². The molecule has 26 heavy (non-hydrogen) atoms. The predicted octanol–water partition coefficient (Wildman–Crippen LogP) is 4.84. The second kappa shape index (κ2) is 6.89. The second-order valence-electron chi connectivity index (χ2n) is 6.46. The third-order valence-corrected chi connectivity index (χ3v) is 4.76. The van der Waals surface area contributed by atoms with E-state index in [1.54, 1.807) is 0 Å². The van der Waals surface area contributed by atoms with Crippen molar-refractivity contribution in [1.29, 1.82) is 0 Å². The number of rotatable bonds is 5. The van der Waals surface area contributed by atoms with Gasteiger partial charge in [-0.05, 0) is 22.8 Å². The van der Waals surface area contributed by atoms with Gasteiger partial charge in [-0.15, -0.1) is 0 Å². The van der Waals surface area contributed by atoms with Gasteiger partial charge in [0.1, 0.15) is 0 Å². The fourth-order valence-corrected chi connectivity index (χ4v) is 3.63. The van der Waals surface area contributed by atoms with Gasteiger partial charge in [-0.25, -0.2) is 0 Å². The van der Waals surface area contributed by atoms with Crippen molar-refractivity contribution in [1.82, 2.24) is 4.98 Å². The van der Waals surface area contributed by atoms with E-state index in [4.69, 9.17) is 5.73 Å². The number of benzene rings is 3. The molecule has 4 aromatic rings. The highest BCUT2D eigenvalue weighted by Gasteiger charge is 2.24. The minimum atomic E-state index is -0.303. The first-order valence-corrected chi connectivity index (χ1v) is 8.73. The van der Waals surface area contributed by atoms with Crippen LogP contribution in [-0.4, -0.2) is 10.9 Å². The van der Waals surface area contributed by atoms with E-state index in [1.807, 2.05) is 48.5 Å². The van der Waals surface area contributed by atoms with E-state index in [0.717, 1.165) is 33.3 Å². The highest BCUT2D eigenvalue weighted by molar-refractivity contribution is 5.92. The van der Waals surface area contributed by atoms with Crippen molar-refractivity contribution in [2.45, 2.75) is 12.3 Å². The minimum absolute atomic E-state index is 0.0972. The maximum absolute atomic E-state index is 11.9. The molecule has 3 nitrogen and oxygen atoms in total. The Balaban J connectivity index is 1.99. The summed E-state index contributed by atoms with van der Waals surface area (Å²) < 4.78 is 0. The number of carbonyl (C=O) groups excluding carboxylic acids is 1. The van der Waals surface area contributed by atoms with E-state index >= 15 is 0 Å². The Morgan fingerprint density at radius 2 is 1.46 bits per heavy atom. The summed E-state index contributed by atoms with van der Waals surface area (Å²) in [4.78, 5) is 15.4. The van der Waals surface area contributed by atoms with Gasteiger partial charge in [0.2, 0.25) is 5.91 Å². The molecular formula is C23H20N2O. The molecular weight excluding hydrogens is 320 g/mol. The maximum Gasteiger partial charge on any atom is 0.218 e. The van der Waals surface area contributed by atoms with Crippen molar-refractivity contribution in [2.75, 3.05) is 0 Å². The van der Waals surface area contributed by atoms with Gasteiger partial charge < -0.3 is 10.7 Å². The molecule has 128 valence electrons. The Morgan fingerprint density at radius 1 is 0.846 bits per heavy atom. The number of para-hydroxylation sites is 1. The number of aromatic nitrogens is 1. The molecule has 3 N–H and O–H groups in total. The number of fused-ring (bicyclic) bond motifs is 1. The van der Waals surface area contributed by atoms with Crippen LogP contribution in [0.3, 0.4) is 0 Å². The first kappa shape index (κ1) is 16.2. The largest absolute Gasteiger partial charge is 0.370 e. The number of aromatic amines is 1. The molecule has 0 radical (unpaired) electrons. The van der Waals surface area contributed by atoms with Crippen molar-refractivity contribution >= 4 is 16.8 Å². The normalized spacial score (nSPS) is 12.2. The van der Waals surface area contributed by atoms with Gasteiger partial charge in [0.15, 0.2) is 0 Å². The zero-order chi connectivity index (χ0) is 17.9. The van der Waals surface area contributed by atoms with Crippen LogP contribution in [0.4, 0.5) is 0 Å². The summed E-state index contributed by atoms with van der Waals surface area (Å²) in [5, 5.41) is 1.13. The molecule has 0 aliphatic heterocycles. The summed E-state index contributed by atoms with van der Waals surface area (Å²) in [5.74, 6) is -0.400. The van der Waals surface area contributed by atoms with Crippen molar-refractivity contribution in [3.8, 4) is 11.3 Å². The Morgan fingerprint density at radius 3 is 2.15 bits per heavy atom. The molecule has 4 rings (SSSR count). The van der Waals surface area contributed by atoms with Crippen LogP contribution in [0.1, 0.15) is 23.5 Å². The fourth-order valence-electron chi connectivity index (χ4n) is 3.63. The quantitative estimate of drug-likeness (QED) is 0.536. The Kier molecular flexibility index (Phi) is 4.28. The summed E-state index contributed by atoms with van der Waals surface area (Å²) >= 11 is 0. The standard InChI is InChI=1S/C23H20N2O/c24-21(26)15-19(16-9-3-1-4-10-16)22-18-13-7-8-14-20(18)25-23(22)17-11-5-2-6-12-17/h1-14,19,25H,15H2,(H2,24,26). The Labute approximate surface area is 152 Å². The Hall–Kier alpha value is -3.33. The number of carbonyl (C=O) groups is 1. The first-order valence-electron chi connectivity index (χ1n) is 8.73. The fraction of sp³-hybridized carbons (Fsp3) is 0.0870. The summed E-state index contributed by atoms with van der Waals surface area (Å²) in [6.45, 7) is 0. The summed E-state index contributed by atoms with van der Waals surface area (Å²) in [5.41, 5.74) is 11.0. The minimum Gasteiger partial charge on any atom is -0.370 e. The molecule has 1 aromatic heterocycles. The van der Waals surface area contributed by atoms with Gasteiger partial charge in [-0.2, -0.15) is 0 Å². The molecule has 0 fully saturated rings. The van der Waals surface area contributed by atoms with Crippen LogP contribution in [-0.2, 0) is 4.79 Å². The molecule has 0 saturated carbocycles. The van der Waals surface area contributed by atoms with Crippen molar-refractivity contribution in [3.05, 3.63) is 96.1 Å². The summed E-state index contributed by atoms with van der Waals surface area (Å²) in [6, 6.07) is 28.5. The highest BCUT2D eigenvalue weighted by Crippen LogP contribution is 2.40. The number of H-pyrrole nitrogens is 1. The lowest BCUT2D eigenvalue weighted by Crippen LogP contribution is -2.16. The molecule has 1 atom stereocenters. The molecule has 3 aromatic carbocycles. The van der Waals surface area contributed by atoms with Gasteiger partial charge in [0.05, 0.1) is 5.69 Å². The molecule has 0 spiro atoms. The van der Waals surface area contributed by atoms with Crippen LogP contribution in [0.2, 0.25) is 0 Å². The smallest absolute Gasteiger partial charge is 0.218 e. The number of primary amides is 1. The average Bonchev–Trinajstić information content (AvgIpc) is 3.07. The lowest BCUT2D eigenvalue weighted by molar-refractivity contribution is -0.118. The predicted molar refractivity (Wildman–Crippen MR) is 106 cm³/mol. The molecule has 0 saturated heterocycles. The molecule has 1 unspecified atom stereocenters. The van der Waals surface area contributed by atoms with Crippen LogP contribution in [0.15, 0.2) is 84.9 Å². The SMILES string of the molecule is NC(=O)CC(c1ccccc1)c1c(-c2ccccc2)[nH]c2ccccc12. The number of amides is 1. The first-order chi connectivity index (χ1) is 12.7. The van der Waals surface area contributed by atoms with Crippen LogP contribution >= 0.6 is 0 Å². The molecule has 1 heterocycles. The van der Waals surface area contributed by atoms with Crippen LogP contribution in [0, 0.1) is 0 Å². The molecule has 0 bridgehead atoms. The summed E-state index contributed by atoms with van der Waals surface area (Å²) in [6.07, 6.45) is 0.270. The van der Waals surface area contributed by atoms with Gasteiger partial charge in [-0.1, -0.05) is 78.9 Å².